The zero-order chi connectivity index (χ0) is 24.3. The van der Waals surface area contributed by atoms with E-state index in [1.165, 1.54) is 15.4 Å². The molecule has 0 aromatic carbocycles. The first-order chi connectivity index (χ1) is 16.1. The molecule has 3 aliphatic rings. The van der Waals surface area contributed by atoms with Gasteiger partial charge in [-0.3, -0.25) is 14.1 Å². The first-order valence-corrected chi connectivity index (χ1v) is 11.9. The van der Waals surface area contributed by atoms with Crippen LogP contribution in [0.25, 0.3) is 5.65 Å². The van der Waals surface area contributed by atoms with Gasteiger partial charge >= 0.3 is 12.2 Å². The maximum atomic E-state index is 13.5. The van der Waals surface area contributed by atoms with Crippen LogP contribution in [0.2, 0.25) is 0 Å². The molecule has 0 radical (unpaired) electrons. The van der Waals surface area contributed by atoms with Crippen LogP contribution in [0, 0.1) is 11.8 Å². The van der Waals surface area contributed by atoms with Gasteiger partial charge in [0.05, 0.1) is 12.2 Å². The van der Waals surface area contributed by atoms with Crippen molar-refractivity contribution in [1.82, 2.24) is 29.7 Å². The number of imide groups is 1. The van der Waals surface area contributed by atoms with E-state index < -0.39 is 17.3 Å². The molecular weight excluding hydrogens is 449 g/mol. The van der Waals surface area contributed by atoms with Crippen molar-refractivity contribution in [3.8, 4) is 0 Å². The number of carbonyl (C=O) groups excluding carboxylic acids is 2. The largest absolute Gasteiger partial charge is 0.417 e. The van der Waals surface area contributed by atoms with Gasteiger partial charge in [-0.25, -0.2) is 9.69 Å². The Bertz CT molecular complexity index is 1110. The van der Waals surface area contributed by atoms with Crippen molar-refractivity contribution in [3.05, 3.63) is 29.7 Å². The average molecular weight is 479 g/mol. The molecule has 3 fully saturated rings. The van der Waals surface area contributed by atoms with Crippen molar-refractivity contribution in [2.45, 2.75) is 63.6 Å². The molecule has 0 unspecified atom stereocenters. The number of aromatic nitrogens is 3. The zero-order valence-corrected chi connectivity index (χ0v) is 19.3. The number of halogens is 3. The molecule has 2 aromatic rings. The van der Waals surface area contributed by atoms with E-state index in [1.54, 1.807) is 0 Å². The highest BCUT2D eigenvalue weighted by Gasteiger charge is 2.58. The fraction of sp³-hybridized carbons (Fsp3) is 0.652. The Labute approximate surface area is 195 Å². The highest BCUT2D eigenvalue weighted by molar-refractivity contribution is 6.07. The van der Waals surface area contributed by atoms with Gasteiger partial charge in [-0.15, -0.1) is 10.2 Å². The van der Waals surface area contributed by atoms with E-state index in [-0.39, 0.29) is 36.4 Å². The summed E-state index contributed by atoms with van der Waals surface area (Å²) in [5.41, 5.74) is -1.24. The van der Waals surface area contributed by atoms with Gasteiger partial charge in [-0.05, 0) is 56.2 Å². The summed E-state index contributed by atoms with van der Waals surface area (Å²) in [6.45, 7) is 5.38. The molecule has 1 N–H and O–H groups in total. The average Bonchev–Trinajstić information content (AvgIpc) is 3.32. The molecule has 2 aromatic heterocycles. The number of likely N-dealkylation sites (tertiary alicyclic amines) is 1. The summed E-state index contributed by atoms with van der Waals surface area (Å²) >= 11 is 0. The van der Waals surface area contributed by atoms with E-state index in [0.717, 1.165) is 44.4 Å². The molecule has 5 rings (SSSR count). The highest BCUT2D eigenvalue weighted by atomic mass is 19.4. The number of fused-ring (bicyclic) bond motifs is 1. The van der Waals surface area contributed by atoms with E-state index in [2.05, 4.69) is 15.5 Å². The monoisotopic (exact) mass is 478 g/mol. The fourth-order valence-corrected chi connectivity index (χ4v) is 6.03. The van der Waals surface area contributed by atoms with Crippen LogP contribution >= 0.6 is 0 Å². The van der Waals surface area contributed by atoms with Gasteiger partial charge in [0, 0.05) is 18.7 Å². The van der Waals surface area contributed by atoms with Crippen molar-refractivity contribution in [3.63, 3.8) is 0 Å². The number of hydrogen-bond donors (Lipinski definition) is 1. The highest BCUT2D eigenvalue weighted by Crippen LogP contribution is 2.42. The van der Waals surface area contributed by atoms with E-state index >= 15 is 0 Å². The Balaban J connectivity index is 1.35. The topological polar surface area (TPSA) is 82.8 Å². The van der Waals surface area contributed by atoms with Crippen LogP contribution < -0.4 is 5.32 Å². The number of nitrogens with zero attached hydrogens (tertiary/aromatic N) is 5. The van der Waals surface area contributed by atoms with Crippen LogP contribution in [0.3, 0.4) is 0 Å². The summed E-state index contributed by atoms with van der Waals surface area (Å²) in [5.74, 6) is 0.277. The second-order valence-electron chi connectivity index (χ2n) is 10.0. The number of piperidine rings is 1. The Hall–Kier alpha value is -2.69. The molecular formula is C23H29F3N6O2. The third-order valence-electron chi connectivity index (χ3n) is 7.95. The number of pyridine rings is 1. The summed E-state index contributed by atoms with van der Waals surface area (Å²) in [4.78, 5) is 29.7. The smallest absolute Gasteiger partial charge is 0.323 e. The molecule has 34 heavy (non-hydrogen) atoms. The lowest BCUT2D eigenvalue weighted by Gasteiger charge is -2.42. The Morgan fingerprint density at radius 2 is 1.82 bits per heavy atom. The number of nitrogens with one attached hydrogen (secondary N) is 1. The normalized spacial score (nSPS) is 28.1. The second kappa shape index (κ2) is 8.21. The van der Waals surface area contributed by atoms with Crippen LogP contribution in [0.5, 0.6) is 0 Å². The van der Waals surface area contributed by atoms with Gasteiger partial charge in [-0.1, -0.05) is 20.3 Å². The van der Waals surface area contributed by atoms with E-state index in [9.17, 15) is 22.8 Å². The minimum Gasteiger partial charge on any atom is -0.323 e. The Morgan fingerprint density at radius 1 is 1.09 bits per heavy atom. The summed E-state index contributed by atoms with van der Waals surface area (Å²) in [6.07, 6.45) is 0.943. The maximum absolute atomic E-state index is 13.5. The van der Waals surface area contributed by atoms with Crippen LogP contribution in [0.4, 0.5) is 18.0 Å². The molecule has 1 spiro atoms. The van der Waals surface area contributed by atoms with Crippen LogP contribution in [-0.4, -0.2) is 61.6 Å². The number of amides is 3. The van der Waals surface area contributed by atoms with Crippen LogP contribution in [-0.2, 0) is 11.0 Å². The number of rotatable bonds is 3. The molecule has 2 saturated heterocycles. The van der Waals surface area contributed by atoms with Crippen molar-refractivity contribution >= 4 is 17.6 Å². The van der Waals surface area contributed by atoms with Gasteiger partial charge in [0.25, 0.3) is 5.91 Å². The first-order valence-electron chi connectivity index (χ1n) is 11.9. The molecule has 0 bridgehead atoms. The van der Waals surface area contributed by atoms with Crippen LogP contribution in [0.15, 0.2) is 18.3 Å². The van der Waals surface area contributed by atoms with Gasteiger partial charge in [-0.2, -0.15) is 13.2 Å². The van der Waals surface area contributed by atoms with Crippen molar-refractivity contribution in [2.24, 2.45) is 11.8 Å². The molecule has 3 atom stereocenters. The first kappa shape index (κ1) is 23.1. The number of urea groups is 1. The minimum atomic E-state index is -4.46. The van der Waals surface area contributed by atoms with Crippen molar-refractivity contribution in [1.29, 1.82) is 0 Å². The van der Waals surface area contributed by atoms with Gasteiger partial charge < -0.3 is 5.32 Å². The zero-order valence-electron chi connectivity index (χ0n) is 19.3. The molecule has 4 heterocycles. The predicted molar refractivity (Wildman–Crippen MR) is 117 cm³/mol. The predicted octanol–water partition coefficient (Wildman–Crippen LogP) is 3.63. The SMILES string of the molecule is C[C@@H]1CCC[C@@H](C)C12NC(=O)N(CN1CCC[C@H](c3nnc4ccc(C(F)(F)F)cn34)C1)C2=O. The summed E-state index contributed by atoms with van der Waals surface area (Å²) in [7, 11) is 0. The molecule has 1 saturated carbocycles. The Kier molecular flexibility index (Phi) is 5.57. The fourth-order valence-electron chi connectivity index (χ4n) is 6.03. The third kappa shape index (κ3) is 3.64. The number of carbonyl (C=O) groups is 2. The second-order valence-corrected chi connectivity index (χ2v) is 10.0. The van der Waals surface area contributed by atoms with Crippen LogP contribution in [0.1, 0.15) is 63.3 Å². The molecule has 2 aliphatic heterocycles. The molecule has 1 aliphatic carbocycles. The summed E-state index contributed by atoms with van der Waals surface area (Å²) < 4.78 is 41.1. The third-order valence-corrected chi connectivity index (χ3v) is 7.95. The molecule has 184 valence electrons. The maximum Gasteiger partial charge on any atom is 0.417 e. The van der Waals surface area contributed by atoms with E-state index in [4.69, 9.17) is 0 Å². The van der Waals surface area contributed by atoms with Crippen molar-refractivity contribution < 1.29 is 22.8 Å². The van der Waals surface area contributed by atoms with E-state index in [1.807, 2.05) is 18.7 Å². The lowest BCUT2D eigenvalue weighted by atomic mass is 9.67. The van der Waals surface area contributed by atoms with E-state index in [0.29, 0.717) is 24.6 Å². The summed E-state index contributed by atoms with van der Waals surface area (Å²) in [6, 6.07) is 1.95. The quantitative estimate of drug-likeness (QED) is 0.682. The number of hydrogen-bond acceptors (Lipinski definition) is 5. The molecule has 8 nitrogen and oxygen atoms in total. The molecule has 3 amide bonds. The van der Waals surface area contributed by atoms with Gasteiger partial charge in [0.15, 0.2) is 5.65 Å². The standard InChI is InChI=1S/C23H29F3N6O2/c1-14-5-3-6-15(2)22(14)20(33)32(21(34)27-22)13-30-10-4-7-16(11-30)19-29-28-18-9-8-17(12-31(18)19)23(24,25)26/h8-9,12,14-16H,3-7,10-11,13H2,1-2H3,(H,27,34)/t14-,15-,16+/m1/s1. The molecule has 11 heteroatoms. The van der Waals surface area contributed by atoms with Gasteiger partial charge in [0.1, 0.15) is 11.4 Å². The Morgan fingerprint density at radius 3 is 2.53 bits per heavy atom. The lowest BCUT2D eigenvalue weighted by Crippen LogP contribution is -2.59. The van der Waals surface area contributed by atoms with Gasteiger partial charge in [0.2, 0.25) is 0 Å². The summed E-state index contributed by atoms with van der Waals surface area (Å²) in [5, 5.41) is 11.2. The minimum absolute atomic E-state index is 0.0667. The lowest BCUT2D eigenvalue weighted by molar-refractivity contribution is -0.138. The number of alkyl halides is 3. The van der Waals surface area contributed by atoms with Crippen molar-refractivity contribution in [2.75, 3.05) is 19.8 Å².